The first-order valence-corrected chi connectivity index (χ1v) is 6.58. The Labute approximate surface area is 96.8 Å². The van der Waals surface area contributed by atoms with Crippen LogP contribution in [-0.4, -0.2) is 16.8 Å². The van der Waals surface area contributed by atoms with Crippen LogP contribution in [0.5, 0.6) is 0 Å². The van der Waals surface area contributed by atoms with E-state index in [1.807, 2.05) is 23.8 Å². The normalized spacial score (nSPS) is 14.8. The first kappa shape index (κ1) is 11.7. The predicted molar refractivity (Wildman–Crippen MR) is 64.3 cm³/mol. The molecular formula is C10H14BrNOS. The van der Waals surface area contributed by atoms with E-state index in [0.717, 1.165) is 17.3 Å². The van der Waals surface area contributed by atoms with Gasteiger partial charge in [0.15, 0.2) is 0 Å². The number of nitrogens with one attached hydrogen (secondary N) is 1. The summed E-state index contributed by atoms with van der Waals surface area (Å²) in [6.45, 7) is 4.10. The Hall–Kier alpha value is -0.350. The van der Waals surface area contributed by atoms with Gasteiger partial charge in [0.25, 0.3) is 5.91 Å². The van der Waals surface area contributed by atoms with Crippen molar-refractivity contribution in [1.82, 2.24) is 5.32 Å². The second kappa shape index (κ2) is 4.94. The number of carbonyl (C=O) groups excluding carboxylic acids is 1. The van der Waals surface area contributed by atoms with E-state index in [0.29, 0.717) is 0 Å². The van der Waals surface area contributed by atoms with Crippen molar-refractivity contribution in [2.24, 2.45) is 0 Å². The Morgan fingerprint density at radius 2 is 2.43 bits per heavy atom. The molecule has 0 saturated heterocycles. The molecule has 14 heavy (non-hydrogen) atoms. The molecule has 1 rings (SSSR count). The number of carbonyl (C=O) groups is 1. The Bertz CT molecular complexity index is 293. The van der Waals surface area contributed by atoms with Crippen molar-refractivity contribution in [1.29, 1.82) is 0 Å². The molecule has 1 aromatic heterocycles. The Morgan fingerprint density at radius 3 is 2.86 bits per heavy atom. The topological polar surface area (TPSA) is 29.1 Å². The highest BCUT2D eigenvalue weighted by molar-refractivity contribution is 9.09. The van der Waals surface area contributed by atoms with Crippen molar-refractivity contribution in [2.75, 3.05) is 5.33 Å². The minimum absolute atomic E-state index is 0.00931. The summed E-state index contributed by atoms with van der Waals surface area (Å²) in [5.41, 5.74) is 0.592. The van der Waals surface area contributed by atoms with Crippen LogP contribution in [0.3, 0.4) is 0 Å². The van der Waals surface area contributed by atoms with Crippen LogP contribution >= 0.6 is 27.3 Å². The molecule has 1 unspecified atom stereocenters. The smallest absolute Gasteiger partial charge is 0.252 e. The van der Waals surface area contributed by atoms with Crippen LogP contribution in [0.4, 0.5) is 0 Å². The third-order valence-corrected chi connectivity index (χ3v) is 4.19. The molecule has 0 fully saturated rings. The number of thiophene rings is 1. The van der Waals surface area contributed by atoms with Crippen molar-refractivity contribution < 1.29 is 4.79 Å². The molecule has 0 bridgehead atoms. The highest BCUT2D eigenvalue weighted by Crippen LogP contribution is 2.14. The SMILES string of the molecule is CCC(C)(CBr)NC(=O)c1ccsc1. The lowest BCUT2D eigenvalue weighted by Gasteiger charge is -2.27. The van der Waals surface area contributed by atoms with Crippen LogP contribution < -0.4 is 5.32 Å². The molecular weight excluding hydrogens is 262 g/mol. The molecule has 1 amide bonds. The first-order chi connectivity index (χ1) is 6.61. The minimum Gasteiger partial charge on any atom is -0.346 e. The zero-order valence-corrected chi connectivity index (χ0v) is 10.7. The van der Waals surface area contributed by atoms with Crippen molar-refractivity contribution in [3.8, 4) is 0 Å². The number of rotatable bonds is 4. The van der Waals surface area contributed by atoms with Gasteiger partial charge in [-0.2, -0.15) is 11.3 Å². The monoisotopic (exact) mass is 275 g/mol. The first-order valence-electron chi connectivity index (χ1n) is 4.52. The van der Waals surface area contributed by atoms with E-state index in [1.165, 1.54) is 11.3 Å². The molecule has 0 aliphatic heterocycles. The van der Waals surface area contributed by atoms with Crippen molar-refractivity contribution in [2.45, 2.75) is 25.8 Å². The highest BCUT2D eigenvalue weighted by Gasteiger charge is 2.23. The lowest BCUT2D eigenvalue weighted by Crippen LogP contribution is -2.46. The lowest BCUT2D eigenvalue weighted by molar-refractivity contribution is 0.0914. The second-order valence-electron chi connectivity index (χ2n) is 3.51. The molecule has 1 heterocycles. The van der Waals surface area contributed by atoms with Gasteiger partial charge in [-0.15, -0.1) is 0 Å². The number of alkyl halides is 1. The predicted octanol–water partition coefficient (Wildman–Crippen LogP) is 3.04. The fraction of sp³-hybridized carbons (Fsp3) is 0.500. The molecule has 4 heteroatoms. The molecule has 0 spiro atoms. The molecule has 0 aliphatic carbocycles. The number of hydrogen-bond acceptors (Lipinski definition) is 2. The van der Waals surface area contributed by atoms with Gasteiger partial charge in [0, 0.05) is 16.2 Å². The Balaban J connectivity index is 2.65. The molecule has 0 saturated carbocycles. The van der Waals surface area contributed by atoms with Gasteiger partial charge in [-0.25, -0.2) is 0 Å². The lowest BCUT2D eigenvalue weighted by atomic mass is 10.0. The third kappa shape index (κ3) is 2.82. The zero-order chi connectivity index (χ0) is 10.6. The largest absolute Gasteiger partial charge is 0.346 e. The van der Waals surface area contributed by atoms with Crippen LogP contribution in [0.25, 0.3) is 0 Å². The van der Waals surface area contributed by atoms with Gasteiger partial charge in [0.05, 0.1) is 5.56 Å². The van der Waals surface area contributed by atoms with E-state index in [-0.39, 0.29) is 11.4 Å². The number of hydrogen-bond donors (Lipinski definition) is 1. The maximum Gasteiger partial charge on any atom is 0.252 e. The van der Waals surface area contributed by atoms with E-state index < -0.39 is 0 Å². The summed E-state index contributed by atoms with van der Waals surface area (Å²) >= 11 is 4.95. The van der Waals surface area contributed by atoms with Gasteiger partial charge in [0.1, 0.15) is 0 Å². The fourth-order valence-electron chi connectivity index (χ4n) is 0.956. The van der Waals surface area contributed by atoms with Gasteiger partial charge in [-0.3, -0.25) is 4.79 Å². The van der Waals surface area contributed by atoms with Gasteiger partial charge in [0.2, 0.25) is 0 Å². The van der Waals surface area contributed by atoms with Gasteiger partial charge in [-0.05, 0) is 24.8 Å². The van der Waals surface area contributed by atoms with E-state index in [2.05, 4.69) is 28.2 Å². The number of halogens is 1. The summed E-state index contributed by atoms with van der Waals surface area (Å²) < 4.78 is 0. The second-order valence-corrected chi connectivity index (χ2v) is 4.85. The molecule has 78 valence electrons. The summed E-state index contributed by atoms with van der Waals surface area (Å²) in [7, 11) is 0. The summed E-state index contributed by atoms with van der Waals surface area (Å²) in [5.74, 6) is 0.00931. The highest BCUT2D eigenvalue weighted by atomic mass is 79.9. The Morgan fingerprint density at radius 1 is 1.71 bits per heavy atom. The van der Waals surface area contributed by atoms with Crippen molar-refractivity contribution in [3.63, 3.8) is 0 Å². The zero-order valence-electron chi connectivity index (χ0n) is 8.34. The average molecular weight is 276 g/mol. The van der Waals surface area contributed by atoms with E-state index >= 15 is 0 Å². The van der Waals surface area contributed by atoms with E-state index in [4.69, 9.17) is 0 Å². The molecule has 1 atom stereocenters. The van der Waals surface area contributed by atoms with E-state index in [1.54, 1.807) is 0 Å². The standard InChI is InChI=1S/C10H14BrNOS/c1-3-10(2,7-11)12-9(13)8-4-5-14-6-8/h4-6H,3,7H2,1-2H3,(H,12,13). The minimum atomic E-state index is -0.154. The molecule has 0 aliphatic rings. The quantitative estimate of drug-likeness (QED) is 0.841. The van der Waals surface area contributed by atoms with Gasteiger partial charge in [-0.1, -0.05) is 22.9 Å². The molecule has 0 aromatic carbocycles. The van der Waals surface area contributed by atoms with Crippen LogP contribution in [0.15, 0.2) is 16.8 Å². The Kier molecular flexibility index (Phi) is 4.13. The molecule has 0 radical (unpaired) electrons. The summed E-state index contributed by atoms with van der Waals surface area (Å²) in [6.07, 6.45) is 0.911. The van der Waals surface area contributed by atoms with Crippen LogP contribution in [0.2, 0.25) is 0 Å². The van der Waals surface area contributed by atoms with Crippen LogP contribution in [0, 0.1) is 0 Å². The summed E-state index contributed by atoms with van der Waals surface area (Å²) in [4.78, 5) is 11.7. The molecule has 2 nitrogen and oxygen atoms in total. The average Bonchev–Trinajstić information content (AvgIpc) is 2.70. The number of amides is 1. The van der Waals surface area contributed by atoms with Gasteiger partial charge < -0.3 is 5.32 Å². The fourth-order valence-corrected chi connectivity index (χ4v) is 2.13. The van der Waals surface area contributed by atoms with Crippen LogP contribution in [0.1, 0.15) is 30.6 Å². The van der Waals surface area contributed by atoms with Crippen molar-refractivity contribution in [3.05, 3.63) is 22.4 Å². The van der Waals surface area contributed by atoms with E-state index in [9.17, 15) is 4.79 Å². The maximum atomic E-state index is 11.7. The third-order valence-electron chi connectivity index (χ3n) is 2.27. The molecule has 1 N–H and O–H groups in total. The van der Waals surface area contributed by atoms with Crippen LogP contribution in [-0.2, 0) is 0 Å². The van der Waals surface area contributed by atoms with Gasteiger partial charge >= 0.3 is 0 Å². The maximum absolute atomic E-state index is 11.7. The summed E-state index contributed by atoms with van der Waals surface area (Å²) in [5, 5.41) is 7.56. The molecule has 1 aromatic rings. The van der Waals surface area contributed by atoms with Crippen molar-refractivity contribution >= 4 is 33.2 Å². The summed E-state index contributed by atoms with van der Waals surface area (Å²) in [6, 6.07) is 1.84.